The zero-order valence-electron chi connectivity index (χ0n) is 33.5. The predicted octanol–water partition coefficient (Wildman–Crippen LogP) is 10.8. The Labute approximate surface area is 322 Å². The summed E-state index contributed by atoms with van der Waals surface area (Å²) >= 11 is 0. The van der Waals surface area contributed by atoms with E-state index in [9.17, 15) is 24.2 Å². The summed E-state index contributed by atoms with van der Waals surface area (Å²) in [6.45, 7) is 2.32. The predicted molar refractivity (Wildman–Crippen MR) is 214 cm³/mol. The molecule has 0 aliphatic carbocycles. The minimum atomic E-state index is -4.62. The summed E-state index contributed by atoms with van der Waals surface area (Å²) < 4.78 is 32.6. The lowest BCUT2D eigenvalue weighted by Crippen LogP contribution is -2.29. The van der Waals surface area contributed by atoms with Crippen molar-refractivity contribution >= 4 is 19.8 Å². The molecular formula is C42H77O10P. The van der Waals surface area contributed by atoms with E-state index >= 15 is 0 Å². The fraction of sp³-hybridized carbons (Fsp3) is 0.810. The van der Waals surface area contributed by atoms with Crippen LogP contribution >= 0.6 is 7.82 Å². The number of aliphatic hydroxyl groups is 2. The molecule has 0 aliphatic heterocycles. The Balaban J connectivity index is 4.36. The fourth-order valence-electron chi connectivity index (χ4n) is 5.51. The fourth-order valence-corrected chi connectivity index (χ4v) is 6.30. The molecule has 0 aromatic carbocycles. The molecule has 53 heavy (non-hydrogen) atoms. The van der Waals surface area contributed by atoms with E-state index in [1.165, 1.54) is 64.2 Å². The second-order valence-corrected chi connectivity index (χ2v) is 15.5. The average Bonchev–Trinajstić information content (AvgIpc) is 3.14. The first-order chi connectivity index (χ1) is 25.7. The number of hydrogen-bond donors (Lipinski definition) is 3. The molecule has 0 saturated carbocycles. The lowest BCUT2D eigenvalue weighted by atomic mass is 10.1. The van der Waals surface area contributed by atoms with E-state index in [0.29, 0.717) is 12.8 Å². The van der Waals surface area contributed by atoms with Crippen LogP contribution in [0.15, 0.2) is 36.5 Å². The van der Waals surface area contributed by atoms with Crippen LogP contribution in [0.1, 0.15) is 181 Å². The van der Waals surface area contributed by atoms with Gasteiger partial charge in [-0.05, 0) is 64.2 Å². The number of carbonyl (C=O) groups is 2. The number of aliphatic hydroxyl groups excluding tert-OH is 2. The smallest absolute Gasteiger partial charge is 0.462 e. The summed E-state index contributed by atoms with van der Waals surface area (Å²) in [5.74, 6) is -0.952. The van der Waals surface area contributed by atoms with Gasteiger partial charge in [0.25, 0.3) is 0 Å². The number of ether oxygens (including phenoxy) is 2. The van der Waals surface area contributed by atoms with Gasteiger partial charge in [-0.2, -0.15) is 0 Å². The first-order valence-corrected chi connectivity index (χ1v) is 22.5. The molecule has 3 atom stereocenters. The van der Waals surface area contributed by atoms with Crippen molar-refractivity contribution in [3.05, 3.63) is 36.5 Å². The normalized spacial score (nSPS) is 14.3. The molecule has 1 unspecified atom stereocenters. The highest BCUT2D eigenvalue weighted by molar-refractivity contribution is 7.47. The van der Waals surface area contributed by atoms with Crippen LogP contribution in [0, 0.1) is 0 Å². The second-order valence-electron chi connectivity index (χ2n) is 14.0. The third-order valence-corrected chi connectivity index (χ3v) is 9.75. The van der Waals surface area contributed by atoms with Crippen molar-refractivity contribution in [3.8, 4) is 0 Å². The van der Waals surface area contributed by atoms with Gasteiger partial charge < -0.3 is 24.6 Å². The van der Waals surface area contributed by atoms with Crippen molar-refractivity contribution in [1.82, 2.24) is 0 Å². The maximum absolute atomic E-state index is 12.6. The van der Waals surface area contributed by atoms with E-state index in [-0.39, 0.29) is 19.4 Å². The van der Waals surface area contributed by atoms with Crippen LogP contribution in [0.5, 0.6) is 0 Å². The molecule has 3 N–H and O–H groups in total. The number of phosphoric acid groups is 1. The molecule has 0 aliphatic rings. The second kappa shape index (κ2) is 38.5. The van der Waals surface area contributed by atoms with Gasteiger partial charge in [-0.1, -0.05) is 140 Å². The summed E-state index contributed by atoms with van der Waals surface area (Å²) in [5.41, 5.74) is 0. The lowest BCUT2D eigenvalue weighted by Gasteiger charge is -2.20. The molecule has 0 amide bonds. The molecule has 0 aromatic rings. The van der Waals surface area contributed by atoms with Gasteiger partial charge in [0.2, 0.25) is 0 Å². The maximum atomic E-state index is 12.6. The van der Waals surface area contributed by atoms with Crippen LogP contribution in [0.25, 0.3) is 0 Å². The molecule has 0 fully saturated rings. The number of rotatable bonds is 39. The molecule has 11 heteroatoms. The molecule has 0 aromatic heterocycles. The molecule has 310 valence electrons. The molecule has 0 heterocycles. The Morgan fingerprint density at radius 3 is 1.49 bits per heavy atom. The van der Waals surface area contributed by atoms with Gasteiger partial charge in [-0.3, -0.25) is 18.6 Å². The van der Waals surface area contributed by atoms with Gasteiger partial charge in [-0.25, -0.2) is 4.57 Å². The lowest BCUT2D eigenvalue weighted by molar-refractivity contribution is -0.161. The number of esters is 2. The average molecular weight is 773 g/mol. The minimum absolute atomic E-state index is 0.171. The van der Waals surface area contributed by atoms with Gasteiger partial charge in [0, 0.05) is 12.8 Å². The Kier molecular flexibility index (Phi) is 37.2. The number of phosphoric ester groups is 1. The van der Waals surface area contributed by atoms with Crippen LogP contribution in [0.3, 0.4) is 0 Å². The quantitative estimate of drug-likeness (QED) is 0.0181. The molecule has 10 nitrogen and oxygen atoms in total. The number of allylic oxidation sites excluding steroid dienone is 6. The summed E-state index contributed by atoms with van der Waals surface area (Å²) in [7, 11) is -4.62. The van der Waals surface area contributed by atoms with Crippen molar-refractivity contribution < 1.29 is 47.8 Å². The highest BCUT2D eigenvalue weighted by atomic mass is 31.2. The Bertz CT molecular complexity index is 983. The topological polar surface area (TPSA) is 149 Å². The third kappa shape index (κ3) is 38.3. The van der Waals surface area contributed by atoms with Crippen LogP contribution in [0.2, 0.25) is 0 Å². The van der Waals surface area contributed by atoms with Crippen LogP contribution < -0.4 is 0 Å². The summed E-state index contributed by atoms with van der Waals surface area (Å²) in [5, 5.41) is 18.3. The summed E-state index contributed by atoms with van der Waals surface area (Å²) in [6.07, 6.45) is 38.2. The van der Waals surface area contributed by atoms with Gasteiger partial charge >= 0.3 is 19.8 Å². The van der Waals surface area contributed by atoms with Gasteiger partial charge in [0.15, 0.2) is 6.10 Å². The van der Waals surface area contributed by atoms with Gasteiger partial charge in [0.1, 0.15) is 12.7 Å². The van der Waals surface area contributed by atoms with Crippen LogP contribution in [-0.4, -0.2) is 65.7 Å². The van der Waals surface area contributed by atoms with E-state index < -0.39 is 51.8 Å². The first-order valence-electron chi connectivity index (χ1n) is 21.0. The van der Waals surface area contributed by atoms with E-state index in [0.717, 1.165) is 77.0 Å². The van der Waals surface area contributed by atoms with Crippen molar-refractivity contribution in [2.45, 2.75) is 193 Å². The molecule has 0 saturated heterocycles. The molecule has 0 bridgehead atoms. The Morgan fingerprint density at radius 2 is 0.981 bits per heavy atom. The van der Waals surface area contributed by atoms with Crippen molar-refractivity contribution in [2.75, 3.05) is 26.4 Å². The molecule has 0 spiro atoms. The Hall–Kier alpha value is -1.81. The maximum Gasteiger partial charge on any atom is 0.472 e. The number of hydrogen-bond acceptors (Lipinski definition) is 9. The molecular weight excluding hydrogens is 695 g/mol. The number of carbonyl (C=O) groups excluding carboxylic acids is 2. The molecule has 0 radical (unpaired) electrons. The summed E-state index contributed by atoms with van der Waals surface area (Å²) in [6, 6.07) is 0. The van der Waals surface area contributed by atoms with Gasteiger partial charge in [-0.15, -0.1) is 0 Å². The standard InChI is InChI=1S/C42H77O10P/c1-3-5-7-9-11-13-15-17-19-21-23-25-27-29-31-33-41(45)49-37-40(38-51-53(47,48)50-36-39(44)35-43)52-42(46)34-32-30-28-26-24-22-20-18-16-14-12-10-8-6-4-2/h13,15,17-20,39-40,43-44H,3-12,14,16,21-38H2,1-2H3,(H,47,48)/b15-13+,19-17+,20-18+/t39-,40+/m0/s1. The summed E-state index contributed by atoms with van der Waals surface area (Å²) in [4.78, 5) is 34.9. The minimum Gasteiger partial charge on any atom is -0.462 e. The largest absolute Gasteiger partial charge is 0.472 e. The Morgan fingerprint density at radius 1 is 0.566 bits per heavy atom. The number of unbranched alkanes of at least 4 members (excludes halogenated alkanes) is 20. The zero-order chi connectivity index (χ0) is 39.1. The van der Waals surface area contributed by atoms with E-state index in [4.69, 9.17) is 19.1 Å². The van der Waals surface area contributed by atoms with Gasteiger partial charge in [0.05, 0.1) is 19.8 Å². The SMILES string of the molecule is CCCCCC/C=C/C=C/CCCCCCCC(=O)OC[C@H](COP(=O)(O)OC[C@@H](O)CO)OC(=O)CCCCCCC/C=C/CCCCCCCC. The zero-order valence-corrected chi connectivity index (χ0v) is 34.4. The van der Waals surface area contributed by atoms with Crippen molar-refractivity contribution in [2.24, 2.45) is 0 Å². The van der Waals surface area contributed by atoms with Crippen molar-refractivity contribution in [3.63, 3.8) is 0 Å². The van der Waals surface area contributed by atoms with E-state index in [1.54, 1.807) is 0 Å². The van der Waals surface area contributed by atoms with Crippen molar-refractivity contribution in [1.29, 1.82) is 0 Å². The highest BCUT2D eigenvalue weighted by Gasteiger charge is 2.27. The van der Waals surface area contributed by atoms with Crippen LogP contribution in [0.4, 0.5) is 0 Å². The highest BCUT2D eigenvalue weighted by Crippen LogP contribution is 2.43. The molecule has 0 rings (SSSR count). The third-order valence-electron chi connectivity index (χ3n) is 8.79. The first kappa shape index (κ1) is 51.2. The van der Waals surface area contributed by atoms with E-state index in [1.807, 2.05) is 0 Å². The van der Waals surface area contributed by atoms with Crippen LogP contribution in [-0.2, 0) is 32.7 Å². The monoisotopic (exact) mass is 773 g/mol. The van der Waals surface area contributed by atoms with E-state index in [2.05, 4.69) is 54.8 Å².